The lowest BCUT2D eigenvalue weighted by Crippen LogP contribution is -2.58. The van der Waals surface area contributed by atoms with Crippen molar-refractivity contribution in [1.29, 1.82) is 0 Å². The van der Waals surface area contributed by atoms with Gasteiger partial charge in [0.25, 0.3) is 5.91 Å². The Labute approximate surface area is 231 Å². The number of aliphatic hydroxyl groups is 1. The molecule has 0 saturated carbocycles. The average Bonchev–Trinajstić information content (AvgIpc) is 2.88. The van der Waals surface area contributed by atoms with Crippen LogP contribution in [0.4, 0.5) is 25.8 Å². The van der Waals surface area contributed by atoms with Gasteiger partial charge in [0.05, 0.1) is 22.6 Å². The summed E-state index contributed by atoms with van der Waals surface area (Å²) in [6, 6.07) is 11.9. The standard InChI is InChI=1S/C31H31F2N3O4/c1-5-27(38)34-14-19(15-34)16-35-24-13-23(33)21(28-22(32)10-7-11-26(28)37)12-25(24)36(31(40)30(35)39)29-18(4)8-6-9-20(29)17(2)3/h5-13,17,19,31,37,40H,1,14-16H2,2-4H3. The Morgan fingerprint density at radius 3 is 2.45 bits per heavy atom. The lowest BCUT2D eigenvalue weighted by atomic mass is 9.93. The van der Waals surface area contributed by atoms with E-state index in [2.05, 4.69) is 6.58 Å². The number of hydrogen-bond acceptors (Lipinski definition) is 5. The van der Waals surface area contributed by atoms with E-state index < -0.39 is 29.5 Å². The van der Waals surface area contributed by atoms with E-state index >= 15 is 4.39 Å². The minimum Gasteiger partial charge on any atom is -0.507 e. The number of carbonyl (C=O) groups excluding carboxylic acids is 2. The molecule has 3 aromatic carbocycles. The smallest absolute Gasteiger partial charge is 0.277 e. The van der Waals surface area contributed by atoms with Crippen molar-refractivity contribution in [2.75, 3.05) is 29.4 Å². The van der Waals surface area contributed by atoms with Gasteiger partial charge in [-0.15, -0.1) is 0 Å². The summed E-state index contributed by atoms with van der Waals surface area (Å²) in [5, 5.41) is 21.9. The second kappa shape index (κ2) is 10.4. The second-order valence-electron chi connectivity index (χ2n) is 10.6. The molecule has 2 aliphatic heterocycles. The van der Waals surface area contributed by atoms with Gasteiger partial charge in [-0.05, 0) is 48.2 Å². The third-order valence-electron chi connectivity index (χ3n) is 7.62. The number of hydrogen-bond donors (Lipinski definition) is 2. The first-order chi connectivity index (χ1) is 19.0. The Kier molecular flexibility index (Phi) is 7.10. The number of anilines is 3. The number of amides is 2. The fourth-order valence-electron chi connectivity index (χ4n) is 5.59. The van der Waals surface area contributed by atoms with Crippen LogP contribution in [0.3, 0.4) is 0 Å². The normalized spacial score (nSPS) is 17.2. The van der Waals surface area contributed by atoms with Gasteiger partial charge in [0, 0.05) is 37.2 Å². The van der Waals surface area contributed by atoms with Gasteiger partial charge in [-0.25, -0.2) is 8.78 Å². The zero-order valence-corrected chi connectivity index (χ0v) is 22.6. The summed E-state index contributed by atoms with van der Waals surface area (Å²) >= 11 is 0. The van der Waals surface area contributed by atoms with Crippen molar-refractivity contribution in [3.8, 4) is 16.9 Å². The molecule has 1 atom stereocenters. The number of aryl methyl sites for hydroxylation is 1. The monoisotopic (exact) mass is 547 g/mol. The first-order valence-corrected chi connectivity index (χ1v) is 13.1. The van der Waals surface area contributed by atoms with Gasteiger partial charge in [-0.2, -0.15) is 0 Å². The van der Waals surface area contributed by atoms with Gasteiger partial charge in [-0.3, -0.25) is 9.59 Å². The molecular weight excluding hydrogens is 516 g/mol. The van der Waals surface area contributed by atoms with Crippen molar-refractivity contribution in [1.82, 2.24) is 4.90 Å². The van der Waals surface area contributed by atoms with E-state index in [-0.39, 0.29) is 41.1 Å². The number of para-hydroxylation sites is 1. The second-order valence-corrected chi connectivity index (χ2v) is 10.6. The van der Waals surface area contributed by atoms with Gasteiger partial charge in [0.2, 0.25) is 12.1 Å². The summed E-state index contributed by atoms with van der Waals surface area (Å²) < 4.78 is 30.6. The van der Waals surface area contributed by atoms with Crippen molar-refractivity contribution >= 4 is 28.9 Å². The molecule has 0 radical (unpaired) electrons. The van der Waals surface area contributed by atoms with E-state index in [0.717, 1.165) is 23.3 Å². The van der Waals surface area contributed by atoms with Crippen molar-refractivity contribution < 1.29 is 28.6 Å². The average molecular weight is 548 g/mol. The maximum atomic E-state index is 15.7. The lowest BCUT2D eigenvalue weighted by Gasteiger charge is -2.46. The number of likely N-dealkylation sites (tertiary alicyclic amines) is 1. The molecule has 3 aromatic rings. The van der Waals surface area contributed by atoms with Crippen LogP contribution in [0.15, 0.2) is 61.2 Å². The van der Waals surface area contributed by atoms with Gasteiger partial charge in [0.1, 0.15) is 17.4 Å². The molecule has 2 heterocycles. The van der Waals surface area contributed by atoms with Crippen LogP contribution in [-0.2, 0) is 9.59 Å². The van der Waals surface area contributed by atoms with Crippen LogP contribution in [-0.4, -0.2) is 52.8 Å². The topological polar surface area (TPSA) is 84.3 Å². The molecule has 2 N–H and O–H groups in total. The highest BCUT2D eigenvalue weighted by atomic mass is 19.1. The SMILES string of the molecule is C=CC(=O)N1CC(CN2C(=O)C(O)N(c3c(C)cccc3C(C)C)c3cc(-c4c(O)cccc4F)c(F)cc32)C1. The summed E-state index contributed by atoms with van der Waals surface area (Å²) in [4.78, 5) is 30.0. The van der Waals surface area contributed by atoms with Gasteiger partial charge in [-0.1, -0.05) is 44.7 Å². The van der Waals surface area contributed by atoms with Gasteiger partial charge >= 0.3 is 0 Å². The molecule has 1 saturated heterocycles. The zero-order valence-electron chi connectivity index (χ0n) is 22.6. The molecular formula is C31H31F2N3O4. The quantitative estimate of drug-likeness (QED) is 0.414. The van der Waals surface area contributed by atoms with E-state index in [1.165, 1.54) is 34.1 Å². The zero-order chi connectivity index (χ0) is 28.9. The van der Waals surface area contributed by atoms with Crippen LogP contribution in [0.5, 0.6) is 5.75 Å². The number of rotatable bonds is 6. The van der Waals surface area contributed by atoms with E-state index in [4.69, 9.17) is 0 Å². The van der Waals surface area contributed by atoms with Crippen LogP contribution >= 0.6 is 0 Å². The van der Waals surface area contributed by atoms with Crippen LogP contribution in [0.1, 0.15) is 30.9 Å². The molecule has 9 heteroatoms. The number of phenols is 1. The third kappa shape index (κ3) is 4.50. The molecule has 7 nitrogen and oxygen atoms in total. The van der Waals surface area contributed by atoms with E-state index in [1.807, 2.05) is 39.0 Å². The summed E-state index contributed by atoms with van der Waals surface area (Å²) in [5.41, 5.74) is 2.23. The number of benzene rings is 3. The van der Waals surface area contributed by atoms with Crippen molar-refractivity contribution in [2.45, 2.75) is 32.9 Å². The predicted octanol–water partition coefficient (Wildman–Crippen LogP) is 5.22. The molecule has 208 valence electrons. The van der Waals surface area contributed by atoms with Crippen LogP contribution in [0, 0.1) is 24.5 Å². The maximum Gasteiger partial charge on any atom is 0.277 e. The highest BCUT2D eigenvalue weighted by Gasteiger charge is 2.43. The largest absolute Gasteiger partial charge is 0.507 e. The summed E-state index contributed by atoms with van der Waals surface area (Å²) in [7, 11) is 0. The first kappa shape index (κ1) is 27.3. The van der Waals surface area contributed by atoms with Crippen molar-refractivity contribution in [3.63, 3.8) is 0 Å². The first-order valence-electron chi connectivity index (χ1n) is 13.1. The minimum absolute atomic E-state index is 0.0255. The number of phenolic OH excluding ortho intramolecular Hbond substituents is 1. The molecule has 1 fully saturated rings. The summed E-state index contributed by atoms with van der Waals surface area (Å²) in [6.07, 6.45) is -0.424. The molecule has 0 aliphatic carbocycles. The molecule has 5 rings (SSSR count). The van der Waals surface area contributed by atoms with Crippen LogP contribution in [0.2, 0.25) is 0 Å². The van der Waals surface area contributed by atoms with Crippen LogP contribution < -0.4 is 9.80 Å². The number of nitrogens with zero attached hydrogens (tertiary/aromatic N) is 3. The predicted molar refractivity (Wildman–Crippen MR) is 149 cm³/mol. The van der Waals surface area contributed by atoms with Gasteiger partial charge < -0.3 is 24.9 Å². The number of fused-ring (bicyclic) bond motifs is 1. The number of aromatic hydroxyl groups is 1. The number of halogens is 2. The highest BCUT2D eigenvalue weighted by molar-refractivity contribution is 6.07. The molecule has 1 unspecified atom stereocenters. The Hall–Kier alpha value is -4.24. The minimum atomic E-state index is -1.65. The molecule has 0 bridgehead atoms. The molecule has 2 amide bonds. The Balaban J connectivity index is 1.69. The van der Waals surface area contributed by atoms with Gasteiger partial charge in [0.15, 0.2) is 0 Å². The Morgan fingerprint density at radius 1 is 1.10 bits per heavy atom. The lowest BCUT2D eigenvalue weighted by molar-refractivity contribution is -0.132. The Morgan fingerprint density at radius 2 is 1.80 bits per heavy atom. The highest BCUT2D eigenvalue weighted by Crippen LogP contribution is 2.48. The fraction of sp³-hybridized carbons (Fsp3) is 0.290. The molecule has 0 aromatic heterocycles. The van der Waals surface area contributed by atoms with Crippen molar-refractivity contribution in [2.24, 2.45) is 5.92 Å². The number of carbonyl (C=O) groups is 2. The fourth-order valence-corrected chi connectivity index (χ4v) is 5.59. The van der Waals surface area contributed by atoms with E-state index in [0.29, 0.717) is 24.5 Å². The molecule has 40 heavy (non-hydrogen) atoms. The van der Waals surface area contributed by atoms with E-state index in [1.54, 1.807) is 4.90 Å². The Bertz CT molecular complexity index is 1500. The molecule has 2 aliphatic rings. The van der Waals surface area contributed by atoms with Crippen LogP contribution in [0.25, 0.3) is 11.1 Å². The summed E-state index contributed by atoms with van der Waals surface area (Å²) in [5.74, 6) is -3.00. The number of aliphatic hydroxyl groups excluding tert-OH is 1. The van der Waals surface area contributed by atoms with E-state index in [9.17, 15) is 24.2 Å². The third-order valence-corrected chi connectivity index (χ3v) is 7.62. The molecule has 0 spiro atoms. The maximum absolute atomic E-state index is 15.7. The van der Waals surface area contributed by atoms with Crippen molar-refractivity contribution in [3.05, 3.63) is 83.9 Å². The summed E-state index contributed by atoms with van der Waals surface area (Å²) in [6.45, 7) is 10.3.